The van der Waals surface area contributed by atoms with Crippen molar-refractivity contribution in [3.8, 4) is 44.8 Å². The van der Waals surface area contributed by atoms with Gasteiger partial charge in [0.2, 0.25) is 0 Å². The average molecular weight is 627 g/mol. The highest BCUT2D eigenvalue weighted by atomic mass is 16.3. The van der Waals surface area contributed by atoms with Crippen molar-refractivity contribution < 1.29 is 4.42 Å². The predicted octanol–water partition coefficient (Wildman–Crippen LogP) is 11.6. The van der Waals surface area contributed by atoms with Gasteiger partial charge >= 0.3 is 0 Å². The number of aromatic nitrogens is 2. The first kappa shape index (κ1) is 26.8. The van der Waals surface area contributed by atoms with Crippen molar-refractivity contribution in [1.82, 2.24) is 9.55 Å². The van der Waals surface area contributed by atoms with Crippen molar-refractivity contribution in [3.05, 3.63) is 174 Å². The quantitative estimate of drug-likeness (QED) is 0.195. The highest BCUT2D eigenvalue weighted by molar-refractivity contribution is 6.15. The molecule has 2 aromatic heterocycles. The summed E-state index contributed by atoms with van der Waals surface area (Å²) in [4.78, 5) is 4.99. The highest BCUT2D eigenvalue weighted by Crippen LogP contribution is 2.64. The molecule has 0 amide bonds. The van der Waals surface area contributed by atoms with E-state index in [9.17, 15) is 0 Å². The Bertz CT molecular complexity index is 2770. The van der Waals surface area contributed by atoms with Crippen molar-refractivity contribution in [2.45, 2.75) is 18.9 Å². The van der Waals surface area contributed by atoms with E-state index in [1.165, 1.54) is 44.5 Å². The fourth-order valence-electron chi connectivity index (χ4n) is 9.07. The van der Waals surface area contributed by atoms with Gasteiger partial charge in [-0.3, -0.25) is 0 Å². The Balaban J connectivity index is 1.12. The predicted molar refractivity (Wildman–Crippen MR) is 200 cm³/mol. The first-order valence-electron chi connectivity index (χ1n) is 17.1. The molecule has 0 saturated carbocycles. The summed E-state index contributed by atoms with van der Waals surface area (Å²) in [6.07, 6.45) is 0. The third kappa shape index (κ3) is 3.34. The molecule has 2 aliphatic rings. The summed E-state index contributed by atoms with van der Waals surface area (Å²) < 4.78 is 9.38. The molecule has 7 aromatic carbocycles. The molecule has 0 fully saturated rings. The number of imidazole rings is 1. The molecule has 49 heavy (non-hydrogen) atoms. The molecule has 0 radical (unpaired) electrons. The third-order valence-electron chi connectivity index (χ3n) is 11.0. The highest BCUT2D eigenvalue weighted by Gasteiger charge is 2.52. The van der Waals surface area contributed by atoms with Crippen LogP contribution in [0.2, 0.25) is 0 Å². The van der Waals surface area contributed by atoms with Crippen molar-refractivity contribution in [3.63, 3.8) is 0 Å². The lowest BCUT2D eigenvalue weighted by molar-refractivity contribution is 0.670. The average Bonchev–Trinajstić information content (AvgIpc) is 3.90. The summed E-state index contributed by atoms with van der Waals surface area (Å²) >= 11 is 0. The molecule has 0 N–H and O–H groups in total. The van der Waals surface area contributed by atoms with E-state index in [-0.39, 0.29) is 5.41 Å². The molecule has 3 heteroatoms. The number of furan rings is 1. The number of fused-ring (bicyclic) bond motifs is 15. The van der Waals surface area contributed by atoms with Gasteiger partial charge in [0.25, 0.3) is 0 Å². The molecule has 0 bridgehead atoms. The Labute approximate surface area is 283 Å². The minimum atomic E-state index is -0.389. The molecule has 0 saturated heterocycles. The number of para-hydroxylation sites is 3. The van der Waals surface area contributed by atoms with E-state index in [4.69, 9.17) is 9.40 Å². The van der Waals surface area contributed by atoms with Gasteiger partial charge in [-0.25, -0.2) is 4.98 Å². The lowest BCUT2D eigenvalue weighted by atomic mass is 9.70. The molecule has 9 aromatic rings. The van der Waals surface area contributed by atoms with Crippen LogP contribution in [0.1, 0.15) is 29.2 Å². The smallest absolute Gasteiger partial charge is 0.143 e. The standard InChI is InChI=1S/C46H30N2O/c1-2-48-41-21-10-9-20-40(41)47-45(48)29-24-22-28(23-25-29)30-15-11-16-33-34-26-27-39-42(44(34)49-43(30)33)35-14-5-8-19-38(35)46(39)36-17-6-3-12-31(36)32-13-4-7-18-37(32)46/h3-27H,2H2,1H3. The summed E-state index contributed by atoms with van der Waals surface area (Å²) in [5.41, 5.74) is 17.4. The van der Waals surface area contributed by atoms with Crippen LogP contribution >= 0.6 is 0 Å². The van der Waals surface area contributed by atoms with E-state index in [0.29, 0.717) is 0 Å². The van der Waals surface area contributed by atoms with Crippen molar-refractivity contribution in [1.29, 1.82) is 0 Å². The first-order valence-corrected chi connectivity index (χ1v) is 17.1. The molecule has 0 aliphatic heterocycles. The molecular weight excluding hydrogens is 597 g/mol. The molecule has 11 rings (SSSR count). The van der Waals surface area contributed by atoms with Crippen LogP contribution in [0.5, 0.6) is 0 Å². The van der Waals surface area contributed by atoms with Crippen molar-refractivity contribution in [2.24, 2.45) is 0 Å². The minimum Gasteiger partial charge on any atom is -0.455 e. The zero-order chi connectivity index (χ0) is 32.3. The van der Waals surface area contributed by atoms with Crippen LogP contribution in [0.15, 0.2) is 156 Å². The number of rotatable bonds is 3. The molecule has 0 unspecified atom stereocenters. The topological polar surface area (TPSA) is 31.0 Å². The normalized spacial score (nSPS) is 13.7. The van der Waals surface area contributed by atoms with Gasteiger partial charge in [0.15, 0.2) is 0 Å². The zero-order valence-electron chi connectivity index (χ0n) is 26.9. The summed E-state index contributed by atoms with van der Waals surface area (Å²) in [6, 6.07) is 55.2. The molecule has 2 aliphatic carbocycles. The van der Waals surface area contributed by atoms with Crippen LogP contribution < -0.4 is 0 Å². The van der Waals surface area contributed by atoms with Gasteiger partial charge in [0, 0.05) is 34.0 Å². The van der Waals surface area contributed by atoms with Crippen molar-refractivity contribution in [2.75, 3.05) is 0 Å². The number of hydrogen-bond donors (Lipinski definition) is 0. The fourth-order valence-corrected chi connectivity index (χ4v) is 9.07. The summed E-state index contributed by atoms with van der Waals surface area (Å²) in [7, 11) is 0. The second-order valence-electron chi connectivity index (χ2n) is 13.3. The molecule has 230 valence electrons. The zero-order valence-corrected chi connectivity index (χ0v) is 26.9. The van der Waals surface area contributed by atoms with E-state index < -0.39 is 0 Å². The van der Waals surface area contributed by atoms with Crippen LogP contribution in [-0.2, 0) is 12.0 Å². The molecule has 0 atom stereocenters. The van der Waals surface area contributed by atoms with Gasteiger partial charge in [-0.05, 0) is 63.6 Å². The van der Waals surface area contributed by atoms with Gasteiger partial charge in [-0.1, -0.05) is 140 Å². The number of hydrogen-bond acceptors (Lipinski definition) is 2. The van der Waals surface area contributed by atoms with Gasteiger partial charge < -0.3 is 8.98 Å². The van der Waals surface area contributed by atoms with Gasteiger partial charge in [0.05, 0.1) is 16.4 Å². The van der Waals surface area contributed by atoms with E-state index in [1.54, 1.807) is 0 Å². The second kappa shape index (κ2) is 9.68. The van der Waals surface area contributed by atoms with Gasteiger partial charge in [-0.15, -0.1) is 0 Å². The van der Waals surface area contributed by atoms with Gasteiger partial charge in [-0.2, -0.15) is 0 Å². The lowest BCUT2D eigenvalue weighted by Crippen LogP contribution is -2.25. The number of aryl methyl sites for hydroxylation is 1. The van der Waals surface area contributed by atoms with E-state index in [0.717, 1.165) is 62.0 Å². The Hall–Kier alpha value is -6.19. The Morgan fingerprint density at radius 3 is 1.84 bits per heavy atom. The maximum Gasteiger partial charge on any atom is 0.143 e. The molecule has 3 nitrogen and oxygen atoms in total. The Morgan fingerprint density at radius 2 is 1.10 bits per heavy atom. The molecule has 2 heterocycles. The van der Waals surface area contributed by atoms with Crippen LogP contribution in [0, 0.1) is 0 Å². The van der Waals surface area contributed by atoms with Crippen LogP contribution in [0.3, 0.4) is 0 Å². The van der Waals surface area contributed by atoms with Crippen LogP contribution in [0.4, 0.5) is 0 Å². The summed E-state index contributed by atoms with van der Waals surface area (Å²) in [5, 5.41) is 2.29. The third-order valence-corrected chi connectivity index (χ3v) is 11.0. The first-order chi connectivity index (χ1) is 24.3. The van der Waals surface area contributed by atoms with E-state index in [1.807, 2.05) is 0 Å². The molecular formula is C46H30N2O. The van der Waals surface area contributed by atoms with E-state index >= 15 is 0 Å². The number of nitrogens with zero attached hydrogens (tertiary/aromatic N) is 2. The maximum absolute atomic E-state index is 7.09. The van der Waals surface area contributed by atoms with Gasteiger partial charge in [0.1, 0.15) is 17.0 Å². The lowest BCUT2D eigenvalue weighted by Gasteiger charge is -2.30. The van der Waals surface area contributed by atoms with Crippen LogP contribution in [-0.4, -0.2) is 9.55 Å². The molecule has 1 spiro atoms. The largest absolute Gasteiger partial charge is 0.455 e. The maximum atomic E-state index is 7.09. The van der Waals surface area contributed by atoms with E-state index in [2.05, 4.69) is 163 Å². The Morgan fingerprint density at radius 1 is 0.510 bits per heavy atom. The fraction of sp³-hybridized carbons (Fsp3) is 0.0652. The monoisotopic (exact) mass is 626 g/mol. The van der Waals surface area contributed by atoms with Crippen molar-refractivity contribution >= 4 is 33.0 Å². The number of benzene rings is 7. The summed E-state index contributed by atoms with van der Waals surface area (Å²) in [5.74, 6) is 0.996. The summed E-state index contributed by atoms with van der Waals surface area (Å²) in [6.45, 7) is 3.04. The minimum absolute atomic E-state index is 0.389. The van der Waals surface area contributed by atoms with Crippen LogP contribution in [0.25, 0.3) is 77.7 Å². The SMILES string of the molecule is CCn1c(-c2ccc(-c3cccc4c3oc3c5c(ccc34)C3(c4ccccc4-c4ccccc43)c3ccccc3-5)cc2)nc2ccccc21. The Kier molecular flexibility index (Phi) is 5.30. The second-order valence-corrected chi connectivity index (χ2v) is 13.3.